The lowest BCUT2D eigenvalue weighted by Gasteiger charge is -2.23. The summed E-state index contributed by atoms with van der Waals surface area (Å²) in [5.74, 6) is 0.535. The van der Waals surface area contributed by atoms with Crippen LogP contribution in [-0.2, 0) is 0 Å². The highest BCUT2D eigenvalue weighted by Crippen LogP contribution is 2.41. The smallest absolute Gasteiger partial charge is 0.315 e. The summed E-state index contributed by atoms with van der Waals surface area (Å²) >= 11 is 5.91. The fourth-order valence-electron chi connectivity index (χ4n) is 2.26. The van der Waals surface area contributed by atoms with E-state index in [1.54, 1.807) is 0 Å². The summed E-state index contributed by atoms with van der Waals surface area (Å²) < 4.78 is 0. The van der Waals surface area contributed by atoms with Crippen LogP contribution in [0.4, 0.5) is 4.79 Å². The molecule has 1 fully saturated rings. The predicted molar refractivity (Wildman–Crippen MR) is 84.3 cm³/mol. The first kappa shape index (κ1) is 16.1. The second-order valence-corrected chi connectivity index (χ2v) is 6.37. The Kier molecular flexibility index (Phi) is 5.48. The molecule has 1 saturated carbocycles. The van der Waals surface area contributed by atoms with Gasteiger partial charge in [-0.1, -0.05) is 30.7 Å². The van der Waals surface area contributed by atoms with Gasteiger partial charge in [-0.2, -0.15) is 0 Å². The van der Waals surface area contributed by atoms with Crippen LogP contribution in [0.1, 0.15) is 38.3 Å². The van der Waals surface area contributed by atoms with Gasteiger partial charge in [-0.3, -0.25) is 0 Å². The molecule has 1 aromatic rings. The summed E-state index contributed by atoms with van der Waals surface area (Å²) in [5, 5.41) is 15.8. The van der Waals surface area contributed by atoms with E-state index < -0.39 is 0 Å². The minimum Gasteiger partial charge on any atom is -0.396 e. The number of urea groups is 1. The van der Waals surface area contributed by atoms with Crippen LogP contribution in [0.2, 0.25) is 5.02 Å². The third kappa shape index (κ3) is 4.61. The third-order valence-corrected chi connectivity index (χ3v) is 4.36. The monoisotopic (exact) mass is 310 g/mol. The molecule has 1 aromatic carbocycles. The molecule has 1 aliphatic rings. The number of aliphatic hydroxyl groups excluding tert-OH is 1. The van der Waals surface area contributed by atoms with Gasteiger partial charge >= 0.3 is 6.03 Å². The van der Waals surface area contributed by atoms with Crippen molar-refractivity contribution in [2.75, 3.05) is 6.61 Å². The van der Waals surface area contributed by atoms with Gasteiger partial charge in [0.2, 0.25) is 0 Å². The molecule has 0 radical (unpaired) electrons. The first-order valence-electron chi connectivity index (χ1n) is 7.44. The van der Waals surface area contributed by atoms with E-state index in [2.05, 4.69) is 10.6 Å². The Labute approximate surface area is 130 Å². The Balaban J connectivity index is 1.97. The Morgan fingerprint density at radius 3 is 2.43 bits per heavy atom. The SMILES string of the molecule is CC(CO)C(C)NC(=O)NC(c1ccc(Cl)cc1)C1CC1. The Morgan fingerprint density at radius 2 is 1.90 bits per heavy atom. The second kappa shape index (κ2) is 7.14. The van der Waals surface area contributed by atoms with Crippen molar-refractivity contribution in [3.8, 4) is 0 Å². The van der Waals surface area contributed by atoms with E-state index in [1.807, 2.05) is 38.1 Å². The molecule has 116 valence electrons. The molecule has 0 heterocycles. The highest BCUT2D eigenvalue weighted by atomic mass is 35.5. The van der Waals surface area contributed by atoms with Crippen molar-refractivity contribution in [1.82, 2.24) is 10.6 Å². The van der Waals surface area contributed by atoms with E-state index in [1.165, 1.54) is 0 Å². The number of rotatable bonds is 6. The Bertz CT molecular complexity index is 474. The molecule has 3 atom stereocenters. The van der Waals surface area contributed by atoms with Crippen LogP contribution < -0.4 is 10.6 Å². The minimum absolute atomic E-state index is 0.0268. The lowest BCUT2D eigenvalue weighted by Crippen LogP contribution is -2.45. The first-order chi connectivity index (χ1) is 10.0. The lowest BCUT2D eigenvalue weighted by molar-refractivity contribution is 0.198. The number of amides is 2. The van der Waals surface area contributed by atoms with Crippen LogP contribution in [0.5, 0.6) is 0 Å². The van der Waals surface area contributed by atoms with Gasteiger partial charge in [-0.15, -0.1) is 0 Å². The van der Waals surface area contributed by atoms with E-state index in [0.717, 1.165) is 18.4 Å². The number of hydrogen-bond acceptors (Lipinski definition) is 2. The fraction of sp³-hybridized carbons (Fsp3) is 0.562. The highest BCUT2D eigenvalue weighted by molar-refractivity contribution is 6.30. The van der Waals surface area contributed by atoms with Gasteiger partial charge in [-0.05, 0) is 49.3 Å². The number of nitrogens with one attached hydrogen (secondary N) is 2. The zero-order valence-electron chi connectivity index (χ0n) is 12.5. The molecular formula is C16H23ClN2O2. The maximum absolute atomic E-state index is 12.1. The number of aliphatic hydroxyl groups is 1. The topological polar surface area (TPSA) is 61.4 Å². The zero-order valence-corrected chi connectivity index (χ0v) is 13.2. The van der Waals surface area contributed by atoms with Crippen molar-refractivity contribution < 1.29 is 9.90 Å². The molecule has 4 nitrogen and oxygen atoms in total. The van der Waals surface area contributed by atoms with E-state index in [9.17, 15) is 4.79 Å². The molecule has 5 heteroatoms. The van der Waals surface area contributed by atoms with Crippen molar-refractivity contribution in [1.29, 1.82) is 0 Å². The molecule has 0 aromatic heterocycles. The summed E-state index contributed by atoms with van der Waals surface area (Å²) in [6.07, 6.45) is 2.27. The summed E-state index contributed by atoms with van der Waals surface area (Å²) in [7, 11) is 0. The minimum atomic E-state index is -0.186. The molecule has 3 N–H and O–H groups in total. The molecular weight excluding hydrogens is 288 g/mol. The van der Waals surface area contributed by atoms with Crippen molar-refractivity contribution in [2.24, 2.45) is 11.8 Å². The van der Waals surface area contributed by atoms with Crippen LogP contribution in [-0.4, -0.2) is 23.8 Å². The second-order valence-electron chi connectivity index (χ2n) is 5.93. The fourth-order valence-corrected chi connectivity index (χ4v) is 2.39. The largest absolute Gasteiger partial charge is 0.396 e. The standard InChI is InChI=1S/C16H23ClN2O2/c1-10(9-20)11(2)18-16(21)19-15(12-3-4-12)13-5-7-14(17)8-6-13/h5-8,10-12,15,20H,3-4,9H2,1-2H3,(H2,18,19,21). The first-order valence-corrected chi connectivity index (χ1v) is 7.82. The predicted octanol–water partition coefficient (Wildman–Crippen LogP) is 3.11. The van der Waals surface area contributed by atoms with Crippen molar-refractivity contribution in [3.05, 3.63) is 34.9 Å². The van der Waals surface area contributed by atoms with Crippen molar-refractivity contribution >= 4 is 17.6 Å². The van der Waals surface area contributed by atoms with Crippen LogP contribution in [0.3, 0.4) is 0 Å². The molecule has 2 rings (SSSR count). The van der Waals surface area contributed by atoms with E-state index in [-0.39, 0.29) is 30.6 Å². The molecule has 21 heavy (non-hydrogen) atoms. The summed E-state index contributed by atoms with van der Waals surface area (Å²) in [4.78, 5) is 12.1. The molecule has 0 saturated heterocycles. The van der Waals surface area contributed by atoms with Gasteiger partial charge in [0.15, 0.2) is 0 Å². The number of carbonyl (C=O) groups is 1. The highest BCUT2D eigenvalue weighted by Gasteiger charge is 2.33. The number of benzene rings is 1. The van der Waals surface area contributed by atoms with Crippen molar-refractivity contribution in [3.63, 3.8) is 0 Å². The number of halogens is 1. The summed E-state index contributed by atoms with van der Waals surface area (Å²) in [5.41, 5.74) is 1.08. The summed E-state index contributed by atoms with van der Waals surface area (Å²) in [6.45, 7) is 3.86. The van der Waals surface area contributed by atoms with Crippen LogP contribution in [0, 0.1) is 11.8 Å². The summed E-state index contributed by atoms with van der Waals surface area (Å²) in [6, 6.07) is 7.40. The zero-order chi connectivity index (χ0) is 15.4. The van der Waals surface area contributed by atoms with Gasteiger partial charge in [0, 0.05) is 17.7 Å². The molecule has 1 aliphatic carbocycles. The average Bonchev–Trinajstić information content (AvgIpc) is 3.29. The van der Waals surface area contributed by atoms with Gasteiger partial charge in [0.05, 0.1) is 6.04 Å². The van der Waals surface area contributed by atoms with Gasteiger partial charge in [-0.25, -0.2) is 4.79 Å². The number of carbonyl (C=O) groups excluding carboxylic acids is 1. The van der Waals surface area contributed by atoms with Gasteiger partial charge in [0.1, 0.15) is 0 Å². The van der Waals surface area contributed by atoms with Crippen LogP contribution >= 0.6 is 11.6 Å². The average molecular weight is 311 g/mol. The molecule has 0 spiro atoms. The van der Waals surface area contributed by atoms with E-state index >= 15 is 0 Å². The lowest BCUT2D eigenvalue weighted by atomic mass is 10.0. The molecule has 0 aliphatic heterocycles. The van der Waals surface area contributed by atoms with E-state index in [0.29, 0.717) is 10.9 Å². The maximum atomic E-state index is 12.1. The van der Waals surface area contributed by atoms with Crippen LogP contribution in [0.25, 0.3) is 0 Å². The quantitative estimate of drug-likeness (QED) is 0.756. The third-order valence-electron chi connectivity index (χ3n) is 4.11. The Hall–Kier alpha value is -1.26. The number of hydrogen-bond donors (Lipinski definition) is 3. The molecule has 0 bridgehead atoms. The normalized spacial score (nSPS) is 18.7. The Morgan fingerprint density at radius 1 is 1.29 bits per heavy atom. The van der Waals surface area contributed by atoms with Gasteiger partial charge in [0.25, 0.3) is 0 Å². The van der Waals surface area contributed by atoms with Gasteiger partial charge < -0.3 is 15.7 Å². The molecule has 2 amide bonds. The van der Waals surface area contributed by atoms with Crippen LogP contribution in [0.15, 0.2) is 24.3 Å². The van der Waals surface area contributed by atoms with E-state index in [4.69, 9.17) is 16.7 Å². The molecule has 3 unspecified atom stereocenters. The maximum Gasteiger partial charge on any atom is 0.315 e. The van der Waals surface area contributed by atoms with Crippen molar-refractivity contribution in [2.45, 2.75) is 38.8 Å².